The summed E-state index contributed by atoms with van der Waals surface area (Å²) in [5, 5.41) is 13.4. The fraction of sp³-hybridized carbons (Fsp3) is 0.455. The van der Waals surface area contributed by atoms with E-state index in [4.69, 9.17) is 0 Å². The Morgan fingerprint density at radius 1 is 1.47 bits per heavy atom. The summed E-state index contributed by atoms with van der Waals surface area (Å²) >= 11 is 0. The summed E-state index contributed by atoms with van der Waals surface area (Å²) in [5.74, 6) is -1.71. The molecule has 106 valence electrons. The van der Waals surface area contributed by atoms with Gasteiger partial charge >= 0.3 is 5.69 Å². The minimum absolute atomic E-state index is 0.211. The molecule has 2 atom stereocenters. The summed E-state index contributed by atoms with van der Waals surface area (Å²) in [6.45, 7) is 1.69. The minimum atomic E-state index is -1.22. The lowest BCUT2D eigenvalue weighted by Gasteiger charge is -2.14. The number of rotatable bonds is 6. The lowest BCUT2D eigenvalue weighted by molar-refractivity contribution is -0.386. The molecular weight excluding hydrogens is 278 g/mol. The third-order valence-corrected chi connectivity index (χ3v) is 3.26. The van der Waals surface area contributed by atoms with Crippen LogP contribution in [0.15, 0.2) is 12.1 Å². The number of nitro benzene ring substituents is 1. The maximum atomic E-state index is 13.4. The maximum Gasteiger partial charge on any atom is 0.327 e. The summed E-state index contributed by atoms with van der Waals surface area (Å²) < 4.78 is 37.4. The molecule has 0 aliphatic rings. The Morgan fingerprint density at radius 2 is 2.11 bits per heavy atom. The molecule has 5 nitrogen and oxygen atoms in total. The normalized spacial score (nSPS) is 13.9. The fourth-order valence-corrected chi connectivity index (χ4v) is 2.23. The Kier molecular flexibility index (Phi) is 5.34. The Labute approximate surface area is 111 Å². The molecular formula is C11H14F2N2O3S. The molecule has 0 amide bonds. The van der Waals surface area contributed by atoms with Crippen LogP contribution in [0.4, 0.5) is 20.2 Å². The fourth-order valence-electron chi connectivity index (χ4n) is 1.54. The molecule has 0 saturated carbocycles. The highest BCUT2D eigenvalue weighted by Gasteiger charge is 2.22. The van der Waals surface area contributed by atoms with Crippen LogP contribution in [0.2, 0.25) is 0 Å². The molecule has 1 aromatic rings. The van der Waals surface area contributed by atoms with Gasteiger partial charge in [0, 0.05) is 41.0 Å². The van der Waals surface area contributed by atoms with Gasteiger partial charge in [0.2, 0.25) is 5.82 Å². The standard InChI is InChI=1S/C11H14F2N2O3S/c1-7(3-4-19(2)18)14-10-6-8(12)5-9(13)11(10)15(16)17/h5-7,14H,3-4H2,1-2H3. The first kappa shape index (κ1) is 15.5. The van der Waals surface area contributed by atoms with Crippen molar-refractivity contribution in [3.63, 3.8) is 0 Å². The number of nitrogens with one attached hydrogen (secondary N) is 1. The van der Waals surface area contributed by atoms with Gasteiger partial charge in [-0.2, -0.15) is 4.39 Å². The molecule has 19 heavy (non-hydrogen) atoms. The molecule has 1 aromatic carbocycles. The highest BCUT2D eigenvalue weighted by molar-refractivity contribution is 7.84. The van der Waals surface area contributed by atoms with E-state index in [0.717, 1.165) is 6.07 Å². The number of benzene rings is 1. The van der Waals surface area contributed by atoms with Crippen LogP contribution in [-0.2, 0) is 10.8 Å². The van der Waals surface area contributed by atoms with E-state index in [2.05, 4.69) is 5.32 Å². The highest BCUT2D eigenvalue weighted by Crippen LogP contribution is 2.29. The zero-order valence-corrected chi connectivity index (χ0v) is 11.3. The van der Waals surface area contributed by atoms with E-state index in [1.165, 1.54) is 6.26 Å². The van der Waals surface area contributed by atoms with Crippen molar-refractivity contribution in [2.24, 2.45) is 0 Å². The van der Waals surface area contributed by atoms with Crippen molar-refractivity contribution in [3.05, 3.63) is 33.9 Å². The summed E-state index contributed by atoms with van der Waals surface area (Å²) in [6, 6.07) is 1.05. The van der Waals surface area contributed by atoms with Gasteiger partial charge in [0.05, 0.1) is 4.92 Å². The van der Waals surface area contributed by atoms with E-state index in [1.54, 1.807) is 6.92 Å². The average Bonchev–Trinajstić information content (AvgIpc) is 2.24. The molecule has 0 aromatic heterocycles. The van der Waals surface area contributed by atoms with E-state index in [9.17, 15) is 23.1 Å². The van der Waals surface area contributed by atoms with Crippen molar-refractivity contribution in [3.8, 4) is 0 Å². The molecule has 8 heteroatoms. The molecule has 1 N–H and O–H groups in total. The maximum absolute atomic E-state index is 13.4. The Bertz CT molecular complexity index is 511. The summed E-state index contributed by atoms with van der Waals surface area (Å²) in [6.07, 6.45) is 2.01. The van der Waals surface area contributed by atoms with Crippen molar-refractivity contribution >= 4 is 22.2 Å². The molecule has 0 saturated heterocycles. The summed E-state index contributed by atoms with van der Waals surface area (Å²) in [5.41, 5.74) is -0.997. The van der Waals surface area contributed by atoms with E-state index in [1.807, 2.05) is 0 Å². The molecule has 0 heterocycles. The van der Waals surface area contributed by atoms with E-state index < -0.39 is 33.0 Å². The third-order valence-electron chi connectivity index (χ3n) is 2.45. The predicted molar refractivity (Wildman–Crippen MR) is 69.6 cm³/mol. The van der Waals surface area contributed by atoms with Crippen molar-refractivity contribution in [2.45, 2.75) is 19.4 Å². The molecule has 0 radical (unpaired) electrons. The van der Waals surface area contributed by atoms with Gasteiger partial charge in [-0.05, 0) is 13.3 Å². The second-order valence-corrected chi connectivity index (χ2v) is 5.71. The molecule has 0 fully saturated rings. The average molecular weight is 292 g/mol. The number of nitro groups is 1. The van der Waals surface area contributed by atoms with Gasteiger partial charge in [-0.15, -0.1) is 0 Å². The van der Waals surface area contributed by atoms with Crippen LogP contribution in [0.3, 0.4) is 0 Å². The first-order chi connectivity index (χ1) is 8.81. The molecule has 0 aliphatic carbocycles. The quantitative estimate of drug-likeness (QED) is 0.645. The topological polar surface area (TPSA) is 72.2 Å². The van der Waals surface area contributed by atoms with Crippen LogP contribution < -0.4 is 5.32 Å². The monoisotopic (exact) mass is 292 g/mol. The van der Waals surface area contributed by atoms with Gasteiger partial charge in [0.1, 0.15) is 11.5 Å². The zero-order chi connectivity index (χ0) is 14.6. The number of halogens is 2. The van der Waals surface area contributed by atoms with Crippen LogP contribution in [0.1, 0.15) is 13.3 Å². The lowest BCUT2D eigenvalue weighted by atomic mass is 10.2. The van der Waals surface area contributed by atoms with Crippen molar-refractivity contribution in [2.75, 3.05) is 17.3 Å². The summed E-state index contributed by atoms with van der Waals surface area (Å²) in [7, 11) is -0.989. The minimum Gasteiger partial charge on any atom is -0.377 e. The van der Waals surface area contributed by atoms with Crippen molar-refractivity contribution in [1.29, 1.82) is 0 Å². The second kappa shape index (κ2) is 6.55. The largest absolute Gasteiger partial charge is 0.377 e. The Morgan fingerprint density at radius 3 is 2.63 bits per heavy atom. The summed E-state index contributed by atoms with van der Waals surface area (Å²) in [4.78, 5) is 9.85. The van der Waals surface area contributed by atoms with E-state index in [0.29, 0.717) is 18.2 Å². The number of hydrogen-bond donors (Lipinski definition) is 1. The zero-order valence-electron chi connectivity index (χ0n) is 10.5. The number of hydrogen-bond acceptors (Lipinski definition) is 4. The van der Waals surface area contributed by atoms with Gasteiger partial charge in [0.15, 0.2) is 0 Å². The van der Waals surface area contributed by atoms with Gasteiger partial charge in [-0.25, -0.2) is 4.39 Å². The van der Waals surface area contributed by atoms with Gasteiger partial charge in [-0.3, -0.25) is 14.3 Å². The van der Waals surface area contributed by atoms with Gasteiger partial charge < -0.3 is 5.32 Å². The van der Waals surface area contributed by atoms with Crippen molar-refractivity contribution < 1.29 is 17.9 Å². The Hall–Kier alpha value is -1.57. The number of nitrogens with zero attached hydrogens (tertiary/aromatic N) is 1. The van der Waals surface area contributed by atoms with Crippen molar-refractivity contribution in [1.82, 2.24) is 0 Å². The van der Waals surface area contributed by atoms with Crippen LogP contribution in [0, 0.1) is 21.7 Å². The Balaban J connectivity index is 2.93. The van der Waals surface area contributed by atoms with Crippen LogP contribution in [-0.4, -0.2) is 27.2 Å². The second-order valence-electron chi connectivity index (χ2n) is 4.15. The van der Waals surface area contributed by atoms with E-state index >= 15 is 0 Å². The smallest absolute Gasteiger partial charge is 0.327 e. The molecule has 0 bridgehead atoms. The van der Waals surface area contributed by atoms with Gasteiger partial charge in [0.25, 0.3) is 0 Å². The molecule has 1 rings (SSSR count). The van der Waals surface area contributed by atoms with Crippen LogP contribution in [0.25, 0.3) is 0 Å². The van der Waals surface area contributed by atoms with Crippen LogP contribution in [0.5, 0.6) is 0 Å². The molecule has 0 aliphatic heterocycles. The molecule has 0 spiro atoms. The lowest BCUT2D eigenvalue weighted by Crippen LogP contribution is -2.19. The first-order valence-corrected chi connectivity index (χ1v) is 7.24. The predicted octanol–water partition coefficient (Wildman–Crippen LogP) is 2.44. The van der Waals surface area contributed by atoms with E-state index in [-0.39, 0.29) is 11.7 Å². The first-order valence-electron chi connectivity index (χ1n) is 5.51. The number of anilines is 1. The molecule has 2 unspecified atom stereocenters. The highest BCUT2D eigenvalue weighted by atomic mass is 32.2. The third kappa shape index (κ3) is 4.55. The van der Waals surface area contributed by atoms with Gasteiger partial charge in [-0.1, -0.05) is 0 Å². The SMILES string of the molecule is CC(CCS(C)=O)Nc1cc(F)cc(F)c1[N+](=O)[O-]. The van der Waals surface area contributed by atoms with Crippen LogP contribution >= 0.6 is 0 Å².